The summed E-state index contributed by atoms with van der Waals surface area (Å²) < 4.78 is 106. The van der Waals surface area contributed by atoms with Crippen LogP contribution < -0.4 is 9.64 Å². The highest BCUT2D eigenvalue weighted by Gasteiger charge is 2.41. The van der Waals surface area contributed by atoms with Crippen LogP contribution in [0.3, 0.4) is 0 Å². The molecule has 0 radical (unpaired) electrons. The lowest BCUT2D eigenvalue weighted by Gasteiger charge is -2.32. The molecular weight excluding hydrogens is 707 g/mol. The molecule has 5 aromatic carbocycles. The molecule has 0 bridgehead atoms. The predicted octanol–water partition coefficient (Wildman–Crippen LogP) is 12.8. The number of alkyl halides is 6. The Balaban J connectivity index is 1.41. The number of benzene rings is 5. The molecule has 1 aliphatic carbocycles. The average molecular weight is 750 g/mol. The Labute approximate surface area is 311 Å². The smallest absolute Gasteiger partial charge is 0.416 e. The summed E-state index contributed by atoms with van der Waals surface area (Å²) >= 11 is 0. The summed E-state index contributed by atoms with van der Waals surface area (Å²) in [5, 5.41) is 10.5. The Kier molecular flexibility index (Phi) is 11.7. The minimum absolute atomic E-state index is 0.0496. The first-order valence-electron chi connectivity index (χ1n) is 18.2. The van der Waals surface area contributed by atoms with Crippen molar-refractivity contribution in [3.8, 4) is 28.0 Å². The molecule has 0 heterocycles. The molecule has 2 atom stereocenters. The van der Waals surface area contributed by atoms with E-state index in [1.807, 2.05) is 36.4 Å². The normalized spacial score (nSPS) is 13.7. The van der Waals surface area contributed by atoms with Gasteiger partial charge in [-0.1, -0.05) is 106 Å². The summed E-state index contributed by atoms with van der Waals surface area (Å²) in [6.07, 6.45) is -6.71. The van der Waals surface area contributed by atoms with E-state index in [1.54, 1.807) is 18.2 Å². The topological polar surface area (TPSA) is 32.7 Å². The van der Waals surface area contributed by atoms with Gasteiger partial charge in [-0.3, -0.25) is 0 Å². The average Bonchev–Trinajstić information content (AvgIpc) is 3.53. The highest BCUT2D eigenvalue weighted by atomic mass is 19.4. The molecule has 0 fully saturated rings. The first kappa shape index (κ1) is 38.9. The Morgan fingerprint density at radius 3 is 2.28 bits per heavy atom. The molecule has 2 unspecified atom stereocenters. The van der Waals surface area contributed by atoms with Crippen LogP contribution in [0.2, 0.25) is 0 Å². The maximum absolute atomic E-state index is 15.6. The van der Waals surface area contributed by atoms with Gasteiger partial charge < -0.3 is 14.7 Å². The fourth-order valence-electron chi connectivity index (χ4n) is 7.17. The van der Waals surface area contributed by atoms with Gasteiger partial charge >= 0.3 is 12.4 Å². The van der Waals surface area contributed by atoms with Crippen molar-refractivity contribution < 1.29 is 40.6 Å². The largest absolute Gasteiger partial charge is 0.489 e. The number of halogens is 7. The van der Waals surface area contributed by atoms with Gasteiger partial charge in [0.05, 0.1) is 17.8 Å². The van der Waals surface area contributed by atoms with E-state index in [0.29, 0.717) is 41.0 Å². The molecule has 0 saturated carbocycles. The molecule has 54 heavy (non-hydrogen) atoms. The van der Waals surface area contributed by atoms with Crippen molar-refractivity contribution in [3.05, 3.63) is 137 Å². The third kappa shape index (κ3) is 8.75. The summed E-state index contributed by atoms with van der Waals surface area (Å²) in [4.78, 5) is 1.21. The fraction of sp³-hybridized carbons (Fsp3) is 0.318. The van der Waals surface area contributed by atoms with Gasteiger partial charge in [0.15, 0.2) is 6.10 Å². The van der Waals surface area contributed by atoms with Gasteiger partial charge in [0.2, 0.25) is 0 Å². The zero-order valence-corrected chi connectivity index (χ0v) is 30.1. The number of rotatable bonds is 14. The van der Waals surface area contributed by atoms with Crippen LogP contribution in [0.15, 0.2) is 103 Å². The molecule has 0 amide bonds. The van der Waals surface area contributed by atoms with Gasteiger partial charge in [0, 0.05) is 29.3 Å². The van der Waals surface area contributed by atoms with Crippen LogP contribution in [-0.2, 0) is 19.2 Å². The number of hydrogen-bond acceptors (Lipinski definition) is 3. The second-order valence-corrected chi connectivity index (χ2v) is 14.0. The number of fused-ring (bicyclic) bond motifs is 3. The summed E-state index contributed by atoms with van der Waals surface area (Å²) in [6.45, 7) is 3.52. The van der Waals surface area contributed by atoms with Crippen molar-refractivity contribution >= 4 is 11.4 Å². The number of aliphatic hydroxyl groups is 1. The lowest BCUT2D eigenvalue weighted by molar-refractivity contribution is -0.199. The van der Waals surface area contributed by atoms with E-state index < -0.39 is 41.9 Å². The van der Waals surface area contributed by atoms with Crippen molar-refractivity contribution in [3.63, 3.8) is 0 Å². The molecule has 284 valence electrons. The molecule has 0 saturated heterocycles. The molecule has 10 heteroatoms. The van der Waals surface area contributed by atoms with Gasteiger partial charge in [-0.25, -0.2) is 4.39 Å². The Hall–Kier alpha value is -4.83. The van der Waals surface area contributed by atoms with Gasteiger partial charge in [-0.15, -0.1) is 0 Å². The van der Waals surface area contributed by atoms with Gasteiger partial charge in [-0.05, 0) is 76.1 Å². The van der Waals surface area contributed by atoms with Crippen LogP contribution in [-0.4, -0.2) is 23.9 Å². The molecule has 1 N–H and O–H groups in total. The van der Waals surface area contributed by atoms with E-state index in [0.717, 1.165) is 29.5 Å². The molecule has 6 rings (SSSR count). The van der Waals surface area contributed by atoms with Crippen LogP contribution in [0.1, 0.15) is 79.7 Å². The SMILES string of the molecule is CCCCCCC(C)c1cccc(COc2cccc(N(CC(O)C(F)(F)F)c3c(-c4cc(C(F)(F)F)ccc4F)ccc4c3Cc3ccccc3-4)c2)c1. The maximum atomic E-state index is 15.6. The van der Waals surface area contributed by atoms with Gasteiger partial charge in [-0.2, -0.15) is 26.3 Å². The lowest BCUT2D eigenvalue weighted by atomic mass is 9.93. The standard InChI is InChI=1S/C44H42F7NO2/c1-3-4-5-6-11-28(2)30-14-9-12-29(22-30)27-54-34-16-10-15-33(25-34)52(26-41(53)44(49,50)51)42-37(38-24-32(43(46,47)48)18-21-40(38)45)20-19-36-35-17-8-7-13-31(35)23-39(36)42/h7-10,12-22,24-25,28,41,53H,3-6,11,23,26-27H2,1-2H3. The molecule has 0 aromatic heterocycles. The van der Waals surface area contributed by atoms with Crippen molar-refractivity contribution in [2.24, 2.45) is 0 Å². The minimum Gasteiger partial charge on any atom is -0.489 e. The third-order valence-corrected chi connectivity index (χ3v) is 10.1. The molecule has 5 aromatic rings. The Bertz CT molecular complexity index is 2070. The maximum Gasteiger partial charge on any atom is 0.416 e. The number of nitrogens with zero attached hydrogens (tertiary/aromatic N) is 1. The Morgan fingerprint density at radius 2 is 1.52 bits per heavy atom. The van der Waals surface area contributed by atoms with Crippen LogP contribution in [0.4, 0.5) is 42.1 Å². The van der Waals surface area contributed by atoms with Gasteiger partial charge in [0.25, 0.3) is 0 Å². The molecular formula is C44H42F7NO2. The number of unbranched alkanes of at least 4 members (excludes halogenated alkanes) is 3. The van der Waals surface area contributed by atoms with E-state index in [2.05, 4.69) is 26.0 Å². The second-order valence-electron chi connectivity index (χ2n) is 14.0. The van der Waals surface area contributed by atoms with E-state index >= 15 is 4.39 Å². The first-order valence-corrected chi connectivity index (χ1v) is 18.2. The quantitative estimate of drug-likeness (QED) is 0.0889. The van der Waals surface area contributed by atoms with E-state index in [-0.39, 0.29) is 30.0 Å². The molecule has 0 spiro atoms. The van der Waals surface area contributed by atoms with Crippen molar-refractivity contribution in [2.45, 2.75) is 83.4 Å². The minimum atomic E-state index is -5.03. The van der Waals surface area contributed by atoms with Crippen LogP contribution in [0, 0.1) is 5.82 Å². The highest BCUT2D eigenvalue weighted by molar-refractivity contribution is 5.93. The fourth-order valence-corrected chi connectivity index (χ4v) is 7.17. The molecule has 0 aliphatic heterocycles. The van der Waals surface area contributed by atoms with E-state index in [9.17, 15) is 31.4 Å². The second kappa shape index (κ2) is 16.3. The van der Waals surface area contributed by atoms with Crippen molar-refractivity contribution in [1.82, 2.24) is 0 Å². The summed E-state index contributed by atoms with van der Waals surface area (Å²) in [5.41, 5.74) is 3.51. The number of anilines is 2. The third-order valence-electron chi connectivity index (χ3n) is 10.1. The zero-order valence-electron chi connectivity index (χ0n) is 30.1. The monoisotopic (exact) mass is 749 g/mol. The van der Waals surface area contributed by atoms with Crippen molar-refractivity contribution in [1.29, 1.82) is 0 Å². The van der Waals surface area contributed by atoms with Crippen molar-refractivity contribution in [2.75, 3.05) is 11.4 Å². The lowest BCUT2D eigenvalue weighted by Crippen LogP contribution is -2.39. The first-order chi connectivity index (χ1) is 25.7. The number of ether oxygens (including phenoxy) is 1. The summed E-state index contributed by atoms with van der Waals surface area (Å²) in [6, 6.07) is 26.8. The van der Waals surface area contributed by atoms with Crippen LogP contribution >= 0.6 is 0 Å². The van der Waals surface area contributed by atoms with Crippen LogP contribution in [0.25, 0.3) is 22.3 Å². The Morgan fingerprint density at radius 1 is 0.759 bits per heavy atom. The number of aliphatic hydroxyl groups excluding tert-OH is 1. The highest BCUT2D eigenvalue weighted by Crippen LogP contribution is 2.49. The zero-order chi connectivity index (χ0) is 38.6. The summed E-state index contributed by atoms with van der Waals surface area (Å²) in [5.74, 6) is -0.307. The molecule has 3 nitrogen and oxygen atoms in total. The molecule has 1 aliphatic rings. The van der Waals surface area contributed by atoms with E-state index in [1.165, 1.54) is 47.9 Å². The van der Waals surface area contributed by atoms with E-state index in [4.69, 9.17) is 4.74 Å². The summed E-state index contributed by atoms with van der Waals surface area (Å²) in [7, 11) is 0. The van der Waals surface area contributed by atoms with Crippen LogP contribution in [0.5, 0.6) is 5.75 Å². The van der Waals surface area contributed by atoms with Gasteiger partial charge in [0.1, 0.15) is 18.2 Å². The predicted molar refractivity (Wildman–Crippen MR) is 199 cm³/mol. The number of hydrogen-bond donors (Lipinski definition) is 1.